The lowest BCUT2D eigenvalue weighted by Crippen LogP contribution is -2.09. The lowest BCUT2D eigenvalue weighted by atomic mass is 9.96. The van der Waals surface area contributed by atoms with E-state index in [0.29, 0.717) is 23.5 Å². The van der Waals surface area contributed by atoms with Crippen LogP contribution in [0.4, 0.5) is 11.6 Å². The zero-order valence-corrected chi connectivity index (χ0v) is 12.1. The minimum atomic E-state index is 0.0451. The van der Waals surface area contributed by atoms with Crippen molar-refractivity contribution in [1.29, 1.82) is 10.5 Å². The van der Waals surface area contributed by atoms with Crippen LogP contribution >= 0.6 is 0 Å². The topological polar surface area (TPSA) is 119 Å². The van der Waals surface area contributed by atoms with Crippen molar-refractivity contribution in [2.45, 2.75) is 13.3 Å². The molecule has 0 aliphatic rings. The Morgan fingerprint density at radius 3 is 2.59 bits per heavy atom. The number of nitriles is 2. The molecule has 0 saturated heterocycles. The van der Waals surface area contributed by atoms with E-state index in [1.165, 1.54) is 12.1 Å². The molecule has 1 aromatic carbocycles. The summed E-state index contributed by atoms with van der Waals surface area (Å²) in [6.45, 7) is 2.62. The highest BCUT2D eigenvalue weighted by Gasteiger charge is 2.20. The fourth-order valence-corrected chi connectivity index (χ4v) is 2.15. The minimum absolute atomic E-state index is 0.0451. The van der Waals surface area contributed by atoms with E-state index >= 15 is 0 Å². The molecule has 0 saturated carbocycles. The molecule has 4 N–H and O–H groups in total. The fraction of sp³-hybridized carbons (Fsp3) is 0.188. The Morgan fingerprint density at radius 1 is 1.27 bits per heavy atom. The van der Waals surface area contributed by atoms with Crippen molar-refractivity contribution in [3.8, 4) is 29.0 Å². The third-order valence-corrected chi connectivity index (χ3v) is 3.13. The van der Waals surface area contributed by atoms with E-state index in [-0.39, 0.29) is 22.7 Å². The van der Waals surface area contributed by atoms with Crippen molar-refractivity contribution >= 4 is 11.6 Å². The summed E-state index contributed by atoms with van der Waals surface area (Å²) in [6.07, 6.45) is 0.855. The van der Waals surface area contributed by atoms with Crippen molar-refractivity contribution in [2.24, 2.45) is 0 Å². The first-order chi connectivity index (χ1) is 10.6. The second kappa shape index (κ2) is 6.47. The fourth-order valence-electron chi connectivity index (χ4n) is 2.15. The minimum Gasteiger partial charge on any atom is -0.508 e. The molecule has 22 heavy (non-hydrogen) atoms. The third kappa shape index (κ3) is 2.77. The van der Waals surface area contributed by atoms with Crippen molar-refractivity contribution in [3.63, 3.8) is 0 Å². The number of phenolic OH excluding ortho intramolecular Hbond substituents is 1. The normalized spacial score (nSPS) is 9.77. The maximum Gasteiger partial charge on any atom is 0.147 e. The molecule has 0 aliphatic heterocycles. The monoisotopic (exact) mass is 293 g/mol. The van der Waals surface area contributed by atoms with Gasteiger partial charge >= 0.3 is 0 Å². The molecule has 0 bridgehead atoms. The summed E-state index contributed by atoms with van der Waals surface area (Å²) >= 11 is 0. The summed E-state index contributed by atoms with van der Waals surface area (Å²) in [5, 5.41) is 31.6. The van der Waals surface area contributed by atoms with Crippen LogP contribution in [-0.2, 0) is 0 Å². The largest absolute Gasteiger partial charge is 0.508 e. The number of phenols is 1. The molecule has 6 heteroatoms. The number of aromatic hydroxyl groups is 1. The van der Waals surface area contributed by atoms with Crippen molar-refractivity contribution < 1.29 is 5.11 Å². The molecule has 1 heterocycles. The zero-order chi connectivity index (χ0) is 16.1. The van der Waals surface area contributed by atoms with E-state index in [1.54, 1.807) is 12.1 Å². The van der Waals surface area contributed by atoms with E-state index in [9.17, 15) is 15.6 Å². The van der Waals surface area contributed by atoms with Gasteiger partial charge in [-0.1, -0.05) is 19.1 Å². The van der Waals surface area contributed by atoms with E-state index in [1.807, 2.05) is 13.0 Å². The molecule has 110 valence electrons. The highest BCUT2D eigenvalue weighted by atomic mass is 16.3. The molecule has 0 aliphatic carbocycles. The van der Waals surface area contributed by atoms with Gasteiger partial charge in [-0.25, -0.2) is 4.98 Å². The van der Waals surface area contributed by atoms with Gasteiger partial charge in [0.15, 0.2) is 0 Å². The highest BCUT2D eigenvalue weighted by Crippen LogP contribution is 2.35. The van der Waals surface area contributed by atoms with E-state index in [4.69, 9.17) is 5.73 Å². The third-order valence-electron chi connectivity index (χ3n) is 3.13. The highest BCUT2D eigenvalue weighted by molar-refractivity contribution is 5.85. The van der Waals surface area contributed by atoms with Gasteiger partial charge in [0.2, 0.25) is 0 Å². The number of hydrogen-bond donors (Lipinski definition) is 3. The van der Waals surface area contributed by atoms with Crippen LogP contribution in [0.15, 0.2) is 24.3 Å². The van der Waals surface area contributed by atoms with Crippen molar-refractivity contribution in [1.82, 2.24) is 4.98 Å². The van der Waals surface area contributed by atoms with Gasteiger partial charge in [0.1, 0.15) is 40.7 Å². The van der Waals surface area contributed by atoms with Crippen molar-refractivity contribution in [2.75, 3.05) is 17.6 Å². The van der Waals surface area contributed by atoms with Gasteiger partial charge in [-0.15, -0.1) is 0 Å². The number of nitrogens with zero attached hydrogens (tertiary/aromatic N) is 3. The second-order valence-electron chi connectivity index (χ2n) is 4.67. The molecule has 2 rings (SSSR count). The molecular formula is C16H15N5O. The van der Waals surface area contributed by atoms with E-state index < -0.39 is 0 Å². The number of hydrogen-bond acceptors (Lipinski definition) is 6. The molecule has 2 aromatic rings. The number of pyridine rings is 1. The predicted octanol–water partition coefficient (Wildman–Crippen LogP) is 2.60. The lowest BCUT2D eigenvalue weighted by Gasteiger charge is -2.14. The summed E-state index contributed by atoms with van der Waals surface area (Å²) in [5.74, 6) is 0.446. The first-order valence-corrected chi connectivity index (χ1v) is 6.79. The van der Waals surface area contributed by atoms with Gasteiger partial charge in [0.05, 0.1) is 0 Å². The van der Waals surface area contributed by atoms with Gasteiger partial charge in [-0.05, 0) is 24.1 Å². The number of rotatable bonds is 4. The standard InChI is InChI=1S/C16H15N5O/c1-2-6-20-16-13(9-18)14(12(8-17)15(19)21-16)10-4-3-5-11(22)7-10/h3-5,7,22H,2,6H2,1H3,(H3,19,20,21). The van der Waals surface area contributed by atoms with Gasteiger partial charge in [0, 0.05) is 12.1 Å². The van der Waals surface area contributed by atoms with Gasteiger partial charge < -0.3 is 16.2 Å². The van der Waals surface area contributed by atoms with E-state index in [0.717, 1.165) is 6.42 Å². The van der Waals surface area contributed by atoms with Crippen molar-refractivity contribution in [3.05, 3.63) is 35.4 Å². The summed E-state index contributed by atoms with van der Waals surface area (Å²) in [7, 11) is 0. The molecule has 1 aromatic heterocycles. The Bertz CT molecular complexity index is 786. The molecule has 0 atom stereocenters. The molecule has 0 spiro atoms. The number of nitrogen functional groups attached to an aromatic ring is 1. The quantitative estimate of drug-likeness (QED) is 0.797. The van der Waals surface area contributed by atoms with Crippen LogP contribution in [0.1, 0.15) is 24.5 Å². The first-order valence-electron chi connectivity index (χ1n) is 6.79. The summed E-state index contributed by atoms with van der Waals surface area (Å²) in [4.78, 5) is 4.12. The summed E-state index contributed by atoms with van der Waals surface area (Å²) in [5.41, 5.74) is 7.15. The molecule has 0 radical (unpaired) electrons. The first kappa shape index (κ1) is 15.1. The Balaban J connectivity index is 2.77. The molecule has 0 fully saturated rings. The number of benzene rings is 1. The average Bonchev–Trinajstić information content (AvgIpc) is 2.52. The smallest absolute Gasteiger partial charge is 0.147 e. The molecule has 6 nitrogen and oxygen atoms in total. The number of aromatic nitrogens is 1. The molecule has 0 unspecified atom stereocenters. The molecular weight excluding hydrogens is 278 g/mol. The second-order valence-corrected chi connectivity index (χ2v) is 4.67. The number of anilines is 2. The zero-order valence-electron chi connectivity index (χ0n) is 12.1. The lowest BCUT2D eigenvalue weighted by molar-refractivity contribution is 0.475. The van der Waals surface area contributed by atoms with Crippen LogP contribution in [0.5, 0.6) is 5.75 Å². The predicted molar refractivity (Wildman–Crippen MR) is 84.0 cm³/mol. The van der Waals surface area contributed by atoms with Crippen LogP contribution < -0.4 is 11.1 Å². The Labute approximate surface area is 128 Å². The van der Waals surface area contributed by atoms with Crippen LogP contribution in [0.3, 0.4) is 0 Å². The summed E-state index contributed by atoms with van der Waals surface area (Å²) in [6, 6.07) is 10.4. The summed E-state index contributed by atoms with van der Waals surface area (Å²) < 4.78 is 0. The Hall–Kier alpha value is -3.25. The van der Waals surface area contributed by atoms with Crippen LogP contribution in [-0.4, -0.2) is 16.6 Å². The van der Waals surface area contributed by atoms with Gasteiger partial charge in [-0.2, -0.15) is 10.5 Å². The molecule has 0 amide bonds. The Morgan fingerprint density at radius 2 is 2.00 bits per heavy atom. The van der Waals surface area contributed by atoms with Crippen LogP contribution in [0.25, 0.3) is 11.1 Å². The van der Waals surface area contributed by atoms with E-state index in [2.05, 4.69) is 16.4 Å². The van der Waals surface area contributed by atoms with Gasteiger partial charge in [0.25, 0.3) is 0 Å². The maximum atomic E-state index is 9.65. The average molecular weight is 293 g/mol. The maximum absolute atomic E-state index is 9.65. The van der Waals surface area contributed by atoms with Crippen LogP contribution in [0.2, 0.25) is 0 Å². The van der Waals surface area contributed by atoms with Gasteiger partial charge in [-0.3, -0.25) is 0 Å². The number of nitrogens with two attached hydrogens (primary N) is 1. The van der Waals surface area contributed by atoms with Crippen LogP contribution in [0, 0.1) is 22.7 Å². The SMILES string of the molecule is CCCNc1nc(N)c(C#N)c(-c2cccc(O)c2)c1C#N. The number of nitrogens with one attached hydrogen (secondary N) is 1. The Kier molecular flexibility index (Phi) is 4.45.